The van der Waals surface area contributed by atoms with Crippen molar-refractivity contribution in [1.29, 1.82) is 0 Å². The van der Waals surface area contributed by atoms with Gasteiger partial charge in [0.05, 0.1) is 26.4 Å². The molecule has 0 heterocycles. The van der Waals surface area contributed by atoms with Crippen LogP contribution in [0, 0.1) is 60.1 Å². The largest absolute Gasteiger partial charge is 0.380 e. The van der Waals surface area contributed by atoms with Crippen LogP contribution < -0.4 is 0 Å². The van der Waals surface area contributed by atoms with E-state index in [4.69, 9.17) is 9.47 Å². The van der Waals surface area contributed by atoms with Crippen molar-refractivity contribution in [3.8, 4) is 0 Å². The molecule has 48 heavy (non-hydrogen) atoms. The lowest BCUT2D eigenvalue weighted by molar-refractivity contribution is -0.110. The highest BCUT2D eigenvalue weighted by molar-refractivity contribution is 4.94. The van der Waals surface area contributed by atoms with Gasteiger partial charge in [-0.25, -0.2) is 0 Å². The summed E-state index contributed by atoms with van der Waals surface area (Å²) in [5.74, 6) is 0.636. The van der Waals surface area contributed by atoms with E-state index in [1.54, 1.807) is 0 Å². The zero-order valence-electron chi connectivity index (χ0n) is 37.9. The molecule has 0 bridgehead atoms. The van der Waals surface area contributed by atoms with E-state index in [0.717, 1.165) is 39.3 Å². The Labute approximate surface area is 305 Å². The molecule has 0 aromatic carbocycles. The number of rotatable bonds is 17. The average Bonchev–Trinajstić information content (AvgIpc) is 2.63. The lowest BCUT2D eigenvalue weighted by Crippen LogP contribution is -2.44. The topological polar surface area (TPSA) is 18.5 Å². The Bertz CT molecular complexity index is 830. The SMILES string of the molecule is CC(C)CC(COCC(COCC(CC(C)(C)C)(CC(C)(C)C)CC(C)(C)C)(CC(C)(C)C)CC(C)(C)C)(CC(C)(C)C)CC(C)(C)C. The molecular formula is C46H94O2. The molecule has 0 aliphatic rings. The summed E-state index contributed by atoms with van der Waals surface area (Å²) in [4.78, 5) is 0. The molecule has 0 saturated heterocycles. The fourth-order valence-electron chi connectivity index (χ4n) is 10.7. The first kappa shape index (κ1) is 47.9. The van der Waals surface area contributed by atoms with Crippen molar-refractivity contribution in [3.63, 3.8) is 0 Å². The molecule has 290 valence electrons. The van der Waals surface area contributed by atoms with E-state index in [2.05, 4.69) is 159 Å². The molecule has 0 spiro atoms. The summed E-state index contributed by atoms with van der Waals surface area (Å²) in [6.45, 7) is 58.7. The van der Waals surface area contributed by atoms with Crippen LogP contribution in [-0.4, -0.2) is 26.4 Å². The minimum absolute atomic E-state index is 0.0551. The van der Waals surface area contributed by atoms with Crippen LogP contribution in [0.25, 0.3) is 0 Å². The van der Waals surface area contributed by atoms with Gasteiger partial charge in [0.15, 0.2) is 0 Å². The molecule has 0 unspecified atom stereocenters. The maximum atomic E-state index is 7.22. The zero-order chi connectivity index (χ0) is 38.5. The molecule has 0 amide bonds. The standard InChI is InChI=1S/C46H94O2/c1-36(2)24-44(25-37(3,4)5,26-38(6,7)8)32-47-34-46(30-42(18,19)20,31-43(21,22)23)35-48-33-45(27-39(9,10)11,28-40(12,13)14)29-41(15,16)17/h36H,24-35H2,1-23H3. The summed E-state index contributed by atoms with van der Waals surface area (Å²) >= 11 is 0. The van der Waals surface area contributed by atoms with Crippen LogP contribution in [0.2, 0.25) is 0 Å². The van der Waals surface area contributed by atoms with Crippen LogP contribution in [-0.2, 0) is 9.47 Å². The fraction of sp³-hybridized carbons (Fsp3) is 1.00. The Morgan fingerprint density at radius 1 is 0.292 bits per heavy atom. The van der Waals surface area contributed by atoms with Gasteiger partial charge in [-0.2, -0.15) is 0 Å². The Hall–Kier alpha value is -0.0800. The van der Waals surface area contributed by atoms with E-state index in [0.29, 0.717) is 5.92 Å². The Balaban J connectivity index is 6.87. The molecular weight excluding hydrogens is 585 g/mol. The lowest BCUT2D eigenvalue weighted by atomic mass is 9.61. The van der Waals surface area contributed by atoms with Gasteiger partial charge >= 0.3 is 0 Å². The molecule has 0 atom stereocenters. The predicted molar refractivity (Wildman–Crippen MR) is 217 cm³/mol. The molecule has 0 saturated carbocycles. The van der Waals surface area contributed by atoms with Gasteiger partial charge < -0.3 is 9.47 Å². The van der Waals surface area contributed by atoms with E-state index >= 15 is 0 Å². The van der Waals surface area contributed by atoms with Gasteiger partial charge in [0.25, 0.3) is 0 Å². The predicted octanol–water partition coefficient (Wildman–Crippen LogP) is 15.1. The molecule has 0 aliphatic carbocycles. The van der Waals surface area contributed by atoms with Gasteiger partial charge in [0.2, 0.25) is 0 Å². The number of hydrogen-bond acceptors (Lipinski definition) is 2. The highest BCUT2D eigenvalue weighted by Gasteiger charge is 2.45. The molecule has 0 fully saturated rings. The van der Waals surface area contributed by atoms with Crippen LogP contribution >= 0.6 is 0 Å². The minimum atomic E-state index is -0.0551. The molecule has 0 N–H and O–H groups in total. The first-order valence-electron chi connectivity index (χ1n) is 19.9. The lowest BCUT2D eigenvalue weighted by Gasteiger charge is -2.48. The van der Waals surface area contributed by atoms with E-state index in [1.165, 1.54) is 38.5 Å². The van der Waals surface area contributed by atoms with E-state index in [-0.39, 0.29) is 54.1 Å². The summed E-state index contributed by atoms with van der Waals surface area (Å²) in [6.07, 6.45) is 9.29. The Morgan fingerprint density at radius 3 is 0.708 bits per heavy atom. The van der Waals surface area contributed by atoms with Crippen molar-refractivity contribution in [3.05, 3.63) is 0 Å². The summed E-state index contributed by atoms with van der Waals surface area (Å²) in [6, 6.07) is 0. The summed E-state index contributed by atoms with van der Waals surface area (Å²) in [5, 5.41) is 0. The van der Waals surface area contributed by atoms with Crippen LogP contribution in [0.3, 0.4) is 0 Å². The first-order valence-corrected chi connectivity index (χ1v) is 19.9. The average molecular weight is 679 g/mol. The van der Waals surface area contributed by atoms with Crippen molar-refractivity contribution in [2.75, 3.05) is 26.4 Å². The molecule has 2 heteroatoms. The van der Waals surface area contributed by atoms with Gasteiger partial charge in [-0.1, -0.05) is 159 Å². The first-order chi connectivity index (χ1) is 20.8. The highest BCUT2D eigenvalue weighted by atomic mass is 16.5. The van der Waals surface area contributed by atoms with Crippen LogP contribution in [0.5, 0.6) is 0 Å². The monoisotopic (exact) mass is 679 g/mol. The van der Waals surface area contributed by atoms with Crippen molar-refractivity contribution in [2.24, 2.45) is 60.1 Å². The second-order valence-corrected chi connectivity index (χ2v) is 26.2. The molecule has 0 aliphatic heterocycles. The Kier molecular flexibility index (Phi) is 16.7. The normalized spacial score (nSPS) is 15.5. The zero-order valence-corrected chi connectivity index (χ0v) is 37.9. The summed E-state index contributed by atoms with van der Waals surface area (Å²) < 4.78 is 14.4. The smallest absolute Gasteiger partial charge is 0.0545 e. The minimum Gasteiger partial charge on any atom is -0.380 e. The highest BCUT2D eigenvalue weighted by Crippen LogP contribution is 2.51. The van der Waals surface area contributed by atoms with Crippen LogP contribution in [0.1, 0.15) is 211 Å². The second-order valence-electron chi connectivity index (χ2n) is 26.2. The van der Waals surface area contributed by atoms with Crippen LogP contribution in [0.15, 0.2) is 0 Å². The van der Waals surface area contributed by atoms with Crippen LogP contribution in [0.4, 0.5) is 0 Å². The molecule has 0 rings (SSSR count). The third-order valence-corrected chi connectivity index (χ3v) is 8.81. The maximum absolute atomic E-state index is 7.22. The second kappa shape index (κ2) is 16.7. The third-order valence-electron chi connectivity index (χ3n) is 8.81. The van der Waals surface area contributed by atoms with Gasteiger partial charge in [0.1, 0.15) is 0 Å². The molecule has 0 aromatic heterocycles. The molecule has 0 aromatic rings. The maximum Gasteiger partial charge on any atom is 0.0545 e. The fourth-order valence-corrected chi connectivity index (χ4v) is 10.7. The van der Waals surface area contributed by atoms with Crippen molar-refractivity contribution >= 4 is 0 Å². The molecule has 0 radical (unpaired) electrons. The number of ether oxygens (including phenoxy) is 2. The summed E-state index contributed by atoms with van der Waals surface area (Å²) in [5.41, 5.74) is 1.75. The van der Waals surface area contributed by atoms with Crippen molar-refractivity contribution < 1.29 is 9.47 Å². The molecule has 2 nitrogen and oxygen atoms in total. The van der Waals surface area contributed by atoms with Gasteiger partial charge in [-0.15, -0.1) is 0 Å². The third kappa shape index (κ3) is 23.4. The van der Waals surface area contributed by atoms with Gasteiger partial charge in [-0.3, -0.25) is 0 Å². The van der Waals surface area contributed by atoms with Gasteiger partial charge in [0, 0.05) is 5.41 Å². The number of hydrogen-bond donors (Lipinski definition) is 0. The van der Waals surface area contributed by atoms with E-state index in [1.807, 2.05) is 0 Å². The van der Waals surface area contributed by atoms with Crippen molar-refractivity contribution in [1.82, 2.24) is 0 Å². The van der Waals surface area contributed by atoms with Crippen molar-refractivity contribution in [2.45, 2.75) is 211 Å². The quantitative estimate of drug-likeness (QED) is 0.152. The Morgan fingerprint density at radius 2 is 0.479 bits per heavy atom. The summed E-state index contributed by atoms with van der Waals surface area (Å²) in [7, 11) is 0. The van der Waals surface area contributed by atoms with E-state index < -0.39 is 0 Å². The van der Waals surface area contributed by atoms with Gasteiger partial charge in [-0.05, 0) is 106 Å². The van der Waals surface area contributed by atoms with E-state index in [9.17, 15) is 0 Å².